The molecule has 1 atom stereocenters. The van der Waals surface area contributed by atoms with Crippen LogP contribution in [-0.2, 0) is 21.1 Å². The van der Waals surface area contributed by atoms with Crippen LogP contribution in [0.2, 0.25) is 0 Å². The lowest BCUT2D eigenvalue weighted by Crippen LogP contribution is -2.25. The van der Waals surface area contributed by atoms with E-state index in [4.69, 9.17) is 0 Å². The molecule has 1 saturated heterocycles. The number of sulfone groups is 1. The van der Waals surface area contributed by atoms with Crippen molar-refractivity contribution in [3.63, 3.8) is 0 Å². The Morgan fingerprint density at radius 1 is 1.14 bits per heavy atom. The minimum Gasteiger partial charge on any atom is -0.311 e. The summed E-state index contributed by atoms with van der Waals surface area (Å²) >= 11 is 1.21. The average molecular weight is 527 g/mol. The number of benzene rings is 2. The van der Waals surface area contributed by atoms with Gasteiger partial charge in [-0.1, -0.05) is 62.4 Å². The third-order valence-electron chi connectivity index (χ3n) is 6.23. The van der Waals surface area contributed by atoms with Crippen LogP contribution in [0.3, 0.4) is 0 Å². The molecular weight excluding hydrogens is 496 g/mol. The monoisotopic (exact) mass is 526 g/mol. The second-order valence-corrected chi connectivity index (χ2v) is 12.4. The zero-order chi connectivity index (χ0) is 25.9. The van der Waals surface area contributed by atoms with E-state index in [1.54, 1.807) is 17.0 Å². The molecule has 2 aromatic carbocycles. The van der Waals surface area contributed by atoms with Crippen LogP contribution in [0.1, 0.15) is 60.5 Å². The molecule has 4 rings (SSSR count). The van der Waals surface area contributed by atoms with Crippen molar-refractivity contribution in [3.8, 4) is 0 Å². The number of rotatable bonds is 9. The smallest absolute Gasteiger partial charge is 0.258 e. The number of anilines is 2. The number of aryl methyl sites for hydroxylation is 1. The van der Waals surface area contributed by atoms with Crippen LogP contribution < -0.4 is 10.2 Å². The van der Waals surface area contributed by atoms with E-state index >= 15 is 0 Å². The molecule has 190 valence electrons. The van der Waals surface area contributed by atoms with Gasteiger partial charge in [0.05, 0.1) is 16.2 Å². The highest BCUT2D eigenvalue weighted by Crippen LogP contribution is 2.35. The number of aromatic nitrogens is 2. The number of hydrogen-bond donors (Lipinski definition) is 1. The fourth-order valence-corrected chi connectivity index (χ4v) is 6.83. The summed E-state index contributed by atoms with van der Waals surface area (Å²) in [5, 5.41) is 11.9. The van der Waals surface area contributed by atoms with E-state index in [2.05, 4.69) is 22.4 Å². The Kier molecular flexibility index (Phi) is 7.85. The first kappa shape index (κ1) is 26.0. The van der Waals surface area contributed by atoms with E-state index in [0.717, 1.165) is 17.7 Å². The number of nitrogens with zero attached hydrogens (tertiary/aromatic N) is 3. The van der Waals surface area contributed by atoms with Gasteiger partial charge in [0, 0.05) is 24.6 Å². The molecule has 36 heavy (non-hydrogen) atoms. The second-order valence-electron chi connectivity index (χ2n) is 9.28. The van der Waals surface area contributed by atoms with Gasteiger partial charge in [0.1, 0.15) is 5.01 Å². The van der Waals surface area contributed by atoms with Crippen molar-refractivity contribution in [3.05, 3.63) is 64.7 Å². The molecule has 0 saturated carbocycles. The topological polar surface area (TPSA) is 109 Å². The predicted molar refractivity (Wildman–Crippen MR) is 141 cm³/mol. The fraction of sp³-hybridized carbons (Fsp3) is 0.385. The van der Waals surface area contributed by atoms with E-state index in [0.29, 0.717) is 24.4 Å². The van der Waals surface area contributed by atoms with Gasteiger partial charge in [-0.05, 0) is 42.5 Å². The van der Waals surface area contributed by atoms with Crippen LogP contribution in [0, 0.1) is 5.92 Å². The quantitative estimate of drug-likeness (QED) is 0.433. The van der Waals surface area contributed by atoms with Crippen molar-refractivity contribution < 1.29 is 18.0 Å². The number of para-hydroxylation sites is 1. The molecule has 1 N–H and O–H groups in total. The van der Waals surface area contributed by atoms with Gasteiger partial charge in [0.2, 0.25) is 11.0 Å². The van der Waals surface area contributed by atoms with Crippen molar-refractivity contribution in [1.29, 1.82) is 0 Å². The largest absolute Gasteiger partial charge is 0.311 e. The first-order valence-electron chi connectivity index (χ1n) is 12.0. The zero-order valence-electron chi connectivity index (χ0n) is 20.6. The lowest BCUT2D eigenvalue weighted by molar-refractivity contribution is -0.117. The summed E-state index contributed by atoms with van der Waals surface area (Å²) in [6.07, 6.45) is 1.66. The second kappa shape index (κ2) is 10.9. The number of nitrogens with one attached hydrogen (secondary N) is 1. The molecule has 1 aliphatic rings. The Labute approximate surface area is 215 Å². The minimum atomic E-state index is -3.61. The maximum absolute atomic E-state index is 13.0. The van der Waals surface area contributed by atoms with Gasteiger partial charge in [-0.15, -0.1) is 10.2 Å². The van der Waals surface area contributed by atoms with Crippen LogP contribution >= 0.6 is 11.3 Å². The number of hydrogen-bond acceptors (Lipinski definition) is 7. The summed E-state index contributed by atoms with van der Waals surface area (Å²) in [7, 11) is -3.61. The molecular formula is C26H30N4O4S2. The van der Waals surface area contributed by atoms with Crippen molar-refractivity contribution in [2.24, 2.45) is 5.92 Å². The molecule has 2 heterocycles. The van der Waals surface area contributed by atoms with Gasteiger partial charge >= 0.3 is 0 Å². The van der Waals surface area contributed by atoms with Crippen molar-refractivity contribution >= 4 is 43.8 Å². The van der Waals surface area contributed by atoms with Crippen LogP contribution in [0.25, 0.3) is 0 Å². The Morgan fingerprint density at radius 3 is 2.61 bits per heavy atom. The molecule has 1 aromatic heterocycles. The van der Waals surface area contributed by atoms with E-state index in [-0.39, 0.29) is 39.1 Å². The maximum atomic E-state index is 13.0. The van der Waals surface area contributed by atoms with Gasteiger partial charge in [-0.3, -0.25) is 14.9 Å². The van der Waals surface area contributed by atoms with E-state index in [1.807, 2.05) is 38.1 Å². The summed E-state index contributed by atoms with van der Waals surface area (Å²) in [5.41, 5.74) is 2.11. The summed E-state index contributed by atoms with van der Waals surface area (Å²) in [6, 6.07) is 14.1. The molecule has 0 bridgehead atoms. The third kappa shape index (κ3) is 5.65. The van der Waals surface area contributed by atoms with Crippen LogP contribution in [0.4, 0.5) is 10.8 Å². The van der Waals surface area contributed by atoms with Gasteiger partial charge in [-0.25, -0.2) is 8.42 Å². The Hall–Kier alpha value is -3.11. The highest BCUT2D eigenvalue weighted by atomic mass is 32.2. The van der Waals surface area contributed by atoms with Crippen LogP contribution in [0.5, 0.6) is 0 Å². The highest BCUT2D eigenvalue weighted by Gasteiger charge is 2.34. The van der Waals surface area contributed by atoms with Crippen molar-refractivity contribution in [2.45, 2.75) is 50.8 Å². The minimum absolute atomic E-state index is 0.0134. The molecule has 0 spiro atoms. The standard InChI is InChI=1S/C26H30N4O4S2/c1-4-18-9-5-7-11-21(18)30-16-19(15-23(30)31)25-28-29-26(35-25)27-24(32)20-10-6-8-12-22(20)36(33,34)14-13-17(2)3/h5-12,17,19H,4,13-16H2,1-3H3,(H,27,29,32). The first-order chi connectivity index (χ1) is 17.2. The summed E-state index contributed by atoms with van der Waals surface area (Å²) in [5.74, 6) is -0.445. The normalized spacial score (nSPS) is 16.1. The zero-order valence-corrected chi connectivity index (χ0v) is 22.2. The Balaban J connectivity index is 1.48. The molecule has 1 unspecified atom stereocenters. The number of carbonyl (C=O) groups is 2. The molecule has 1 fully saturated rings. The van der Waals surface area contributed by atoms with Gasteiger partial charge in [0.15, 0.2) is 9.84 Å². The number of amides is 2. The summed E-state index contributed by atoms with van der Waals surface area (Å²) in [4.78, 5) is 27.6. The molecule has 0 radical (unpaired) electrons. The van der Waals surface area contributed by atoms with Crippen molar-refractivity contribution in [1.82, 2.24) is 10.2 Å². The van der Waals surface area contributed by atoms with Gasteiger partial charge in [0.25, 0.3) is 5.91 Å². The van der Waals surface area contributed by atoms with E-state index in [1.165, 1.54) is 23.5 Å². The lowest BCUT2D eigenvalue weighted by atomic mass is 10.1. The molecule has 2 amide bonds. The lowest BCUT2D eigenvalue weighted by Gasteiger charge is -2.19. The highest BCUT2D eigenvalue weighted by molar-refractivity contribution is 7.91. The van der Waals surface area contributed by atoms with Gasteiger partial charge in [-0.2, -0.15) is 0 Å². The summed E-state index contributed by atoms with van der Waals surface area (Å²) < 4.78 is 25.7. The molecule has 1 aliphatic heterocycles. The third-order valence-corrected chi connectivity index (χ3v) is 9.03. The predicted octanol–water partition coefficient (Wildman–Crippen LogP) is 4.69. The Bertz CT molecular complexity index is 1370. The van der Waals surface area contributed by atoms with Gasteiger partial charge < -0.3 is 4.90 Å². The molecule has 0 aliphatic carbocycles. The van der Waals surface area contributed by atoms with E-state index < -0.39 is 15.7 Å². The molecule has 10 heteroatoms. The number of carbonyl (C=O) groups excluding carboxylic acids is 2. The SMILES string of the molecule is CCc1ccccc1N1CC(c2nnc(NC(=O)c3ccccc3S(=O)(=O)CCC(C)C)s2)CC1=O. The molecule has 8 nitrogen and oxygen atoms in total. The maximum Gasteiger partial charge on any atom is 0.258 e. The fourth-order valence-electron chi connectivity index (χ4n) is 4.22. The average Bonchev–Trinajstić information content (AvgIpc) is 3.49. The Morgan fingerprint density at radius 2 is 1.86 bits per heavy atom. The summed E-state index contributed by atoms with van der Waals surface area (Å²) in [6.45, 7) is 6.47. The first-order valence-corrected chi connectivity index (χ1v) is 14.5. The van der Waals surface area contributed by atoms with E-state index in [9.17, 15) is 18.0 Å². The van der Waals surface area contributed by atoms with Crippen molar-refractivity contribution in [2.75, 3.05) is 22.5 Å². The van der Waals surface area contributed by atoms with Crippen LogP contribution in [0.15, 0.2) is 53.4 Å². The van der Waals surface area contributed by atoms with Crippen LogP contribution in [-0.4, -0.2) is 42.7 Å². The molecule has 3 aromatic rings.